The average Bonchev–Trinajstić information content (AvgIpc) is 2.70. The molecule has 1 aliphatic heterocycles. The molecular weight excluding hydrogens is 469 g/mol. The summed E-state index contributed by atoms with van der Waals surface area (Å²) in [6.07, 6.45) is 2.03. The van der Waals surface area contributed by atoms with Crippen LogP contribution < -0.4 is 10.6 Å². The molecule has 0 unspecified atom stereocenters. The van der Waals surface area contributed by atoms with Gasteiger partial charge in [0, 0.05) is 46.8 Å². The second-order valence-corrected chi connectivity index (χ2v) is 6.85. The van der Waals surface area contributed by atoms with E-state index in [0.717, 1.165) is 58.8 Å². The maximum Gasteiger partial charge on any atom is 0.243 e. The summed E-state index contributed by atoms with van der Waals surface area (Å²) < 4.78 is 5.38. The van der Waals surface area contributed by atoms with Crippen molar-refractivity contribution in [1.29, 1.82) is 0 Å². The molecule has 8 heteroatoms. The van der Waals surface area contributed by atoms with E-state index in [4.69, 9.17) is 4.74 Å². The molecular formula is C20H34IN5O2. The van der Waals surface area contributed by atoms with Gasteiger partial charge in [-0.25, -0.2) is 4.99 Å². The third-order valence-electron chi connectivity index (χ3n) is 4.47. The Kier molecular flexibility index (Phi) is 12.8. The summed E-state index contributed by atoms with van der Waals surface area (Å²) >= 11 is 0. The first-order valence-corrected chi connectivity index (χ1v) is 9.71. The number of carbonyl (C=O) groups is 1. The number of nitrogens with zero attached hydrogens (tertiary/aromatic N) is 3. The lowest BCUT2D eigenvalue weighted by Gasteiger charge is -2.26. The van der Waals surface area contributed by atoms with Gasteiger partial charge in [-0.3, -0.25) is 9.69 Å². The SMILES string of the molecule is CN(C)C(=O)CN=C(NCCCc1ccccc1)NCCN1CCOCC1.I. The van der Waals surface area contributed by atoms with Gasteiger partial charge in [0.25, 0.3) is 0 Å². The van der Waals surface area contributed by atoms with Crippen molar-refractivity contribution in [3.05, 3.63) is 35.9 Å². The minimum absolute atomic E-state index is 0. The molecule has 1 saturated heterocycles. The van der Waals surface area contributed by atoms with Crippen LogP contribution in [0.15, 0.2) is 35.3 Å². The number of aliphatic imine (C=N–C) groups is 1. The van der Waals surface area contributed by atoms with Crippen LogP contribution in [0.1, 0.15) is 12.0 Å². The number of carbonyl (C=O) groups excluding carboxylic acids is 1. The number of likely N-dealkylation sites (N-methyl/N-ethyl adjacent to an activating group) is 1. The van der Waals surface area contributed by atoms with Crippen molar-refractivity contribution in [1.82, 2.24) is 20.4 Å². The van der Waals surface area contributed by atoms with Gasteiger partial charge in [0.15, 0.2) is 5.96 Å². The minimum atomic E-state index is -0.00596. The minimum Gasteiger partial charge on any atom is -0.379 e. The Morgan fingerprint density at radius 1 is 1.14 bits per heavy atom. The van der Waals surface area contributed by atoms with E-state index in [1.54, 1.807) is 19.0 Å². The molecule has 0 atom stereocenters. The number of morpholine rings is 1. The van der Waals surface area contributed by atoms with Crippen LogP contribution in [0, 0.1) is 0 Å². The van der Waals surface area contributed by atoms with Crippen LogP contribution in [0.2, 0.25) is 0 Å². The monoisotopic (exact) mass is 503 g/mol. The lowest BCUT2D eigenvalue weighted by molar-refractivity contribution is -0.127. The van der Waals surface area contributed by atoms with Gasteiger partial charge in [0.2, 0.25) is 5.91 Å². The van der Waals surface area contributed by atoms with Crippen molar-refractivity contribution >= 4 is 35.8 Å². The number of amides is 1. The second-order valence-electron chi connectivity index (χ2n) is 6.85. The molecule has 0 saturated carbocycles. The van der Waals surface area contributed by atoms with E-state index in [9.17, 15) is 4.79 Å². The topological polar surface area (TPSA) is 69.2 Å². The van der Waals surface area contributed by atoms with Crippen LogP contribution in [-0.2, 0) is 16.0 Å². The highest BCUT2D eigenvalue weighted by atomic mass is 127. The number of halogens is 1. The zero-order valence-corrected chi connectivity index (χ0v) is 19.4. The van der Waals surface area contributed by atoms with Crippen molar-refractivity contribution in [2.45, 2.75) is 12.8 Å². The molecule has 158 valence electrons. The molecule has 7 nitrogen and oxygen atoms in total. The number of guanidine groups is 1. The summed E-state index contributed by atoms with van der Waals surface area (Å²) in [5.74, 6) is 0.695. The average molecular weight is 503 g/mol. The molecule has 1 amide bonds. The van der Waals surface area contributed by atoms with Gasteiger partial charge in [-0.05, 0) is 18.4 Å². The lowest BCUT2D eigenvalue weighted by Crippen LogP contribution is -2.45. The summed E-state index contributed by atoms with van der Waals surface area (Å²) in [5, 5.41) is 6.69. The molecule has 0 aliphatic carbocycles. The van der Waals surface area contributed by atoms with Crippen LogP contribution >= 0.6 is 24.0 Å². The standard InChI is InChI=1S/C20H33N5O2.HI/c1-24(2)19(26)17-23-20(22-11-12-25-13-15-27-16-14-25)21-10-6-9-18-7-4-3-5-8-18;/h3-5,7-8H,6,9-17H2,1-2H3,(H2,21,22,23);1H. The Bertz CT molecular complexity index is 577. The molecule has 2 N–H and O–H groups in total. The van der Waals surface area contributed by atoms with Crippen LogP contribution in [0.5, 0.6) is 0 Å². The van der Waals surface area contributed by atoms with Gasteiger partial charge in [0.1, 0.15) is 6.54 Å². The number of ether oxygens (including phenoxy) is 1. The summed E-state index contributed by atoms with van der Waals surface area (Å²) in [7, 11) is 3.49. The van der Waals surface area contributed by atoms with Gasteiger partial charge >= 0.3 is 0 Å². The molecule has 2 rings (SSSR count). The van der Waals surface area contributed by atoms with E-state index < -0.39 is 0 Å². The quantitative estimate of drug-likeness (QED) is 0.230. The fourth-order valence-corrected chi connectivity index (χ4v) is 2.76. The highest BCUT2D eigenvalue weighted by Crippen LogP contribution is 2.01. The zero-order valence-electron chi connectivity index (χ0n) is 17.0. The van der Waals surface area contributed by atoms with E-state index >= 15 is 0 Å². The molecule has 1 aromatic carbocycles. The number of benzene rings is 1. The number of nitrogens with one attached hydrogen (secondary N) is 2. The first-order chi connectivity index (χ1) is 13.1. The van der Waals surface area contributed by atoms with E-state index in [0.29, 0.717) is 5.96 Å². The van der Waals surface area contributed by atoms with Crippen molar-refractivity contribution < 1.29 is 9.53 Å². The first kappa shape index (κ1) is 24.6. The molecule has 0 aromatic heterocycles. The fraction of sp³-hybridized carbons (Fsp3) is 0.600. The first-order valence-electron chi connectivity index (χ1n) is 9.71. The Balaban J connectivity index is 0.00000392. The predicted octanol–water partition coefficient (Wildman–Crippen LogP) is 1.19. The van der Waals surface area contributed by atoms with Crippen molar-refractivity contribution in [2.24, 2.45) is 4.99 Å². The van der Waals surface area contributed by atoms with Crippen LogP contribution in [0.25, 0.3) is 0 Å². The van der Waals surface area contributed by atoms with Crippen LogP contribution in [0.4, 0.5) is 0 Å². The highest BCUT2D eigenvalue weighted by molar-refractivity contribution is 14.0. The molecule has 1 heterocycles. The Morgan fingerprint density at radius 2 is 1.82 bits per heavy atom. The predicted molar refractivity (Wildman–Crippen MR) is 124 cm³/mol. The van der Waals surface area contributed by atoms with E-state index in [1.807, 2.05) is 6.07 Å². The largest absolute Gasteiger partial charge is 0.379 e. The third-order valence-corrected chi connectivity index (χ3v) is 4.47. The maximum atomic E-state index is 11.8. The Morgan fingerprint density at radius 3 is 2.50 bits per heavy atom. The number of aryl methyl sites for hydroxylation is 1. The Hall–Kier alpha value is -1.39. The molecule has 1 fully saturated rings. The second kappa shape index (κ2) is 14.6. The van der Waals surface area contributed by atoms with Crippen LogP contribution in [0.3, 0.4) is 0 Å². The summed E-state index contributed by atoms with van der Waals surface area (Å²) in [6, 6.07) is 10.5. The normalized spacial score (nSPS) is 14.9. The smallest absolute Gasteiger partial charge is 0.243 e. The molecule has 0 bridgehead atoms. The fourth-order valence-electron chi connectivity index (χ4n) is 2.76. The van der Waals surface area contributed by atoms with Crippen molar-refractivity contribution in [3.63, 3.8) is 0 Å². The summed E-state index contributed by atoms with van der Waals surface area (Å²) in [6.45, 7) is 6.24. The van der Waals surface area contributed by atoms with Crippen molar-refractivity contribution in [3.8, 4) is 0 Å². The molecule has 28 heavy (non-hydrogen) atoms. The number of rotatable bonds is 9. The highest BCUT2D eigenvalue weighted by Gasteiger charge is 2.10. The van der Waals surface area contributed by atoms with Crippen molar-refractivity contribution in [2.75, 3.05) is 66.6 Å². The summed E-state index contributed by atoms with van der Waals surface area (Å²) in [4.78, 5) is 20.2. The Labute approximate surface area is 185 Å². The lowest BCUT2D eigenvalue weighted by atomic mass is 10.1. The van der Waals surface area contributed by atoms with E-state index in [1.165, 1.54) is 5.56 Å². The van der Waals surface area contributed by atoms with E-state index in [-0.39, 0.29) is 36.4 Å². The number of hydrogen-bond donors (Lipinski definition) is 2. The molecule has 1 aliphatic rings. The van der Waals surface area contributed by atoms with Gasteiger partial charge in [0.05, 0.1) is 13.2 Å². The van der Waals surface area contributed by atoms with Gasteiger partial charge < -0.3 is 20.3 Å². The number of hydrogen-bond acceptors (Lipinski definition) is 4. The van der Waals surface area contributed by atoms with Gasteiger partial charge in [-0.2, -0.15) is 0 Å². The van der Waals surface area contributed by atoms with Gasteiger partial charge in [-0.1, -0.05) is 30.3 Å². The molecule has 0 radical (unpaired) electrons. The van der Waals surface area contributed by atoms with E-state index in [2.05, 4.69) is 44.8 Å². The van der Waals surface area contributed by atoms with Crippen LogP contribution in [-0.4, -0.2) is 88.2 Å². The third kappa shape index (κ3) is 10.2. The van der Waals surface area contributed by atoms with Gasteiger partial charge in [-0.15, -0.1) is 24.0 Å². The molecule has 1 aromatic rings. The molecule has 0 spiro atoms. The summed E-state index contributed by atoms with van der Waals surface area (Å²) in [5.41, 5.74) is 1.33. The maximum absolute atomic E-state index is 11.8. The zero-order chi connectivity index (χ0) is 19.3.